The van der Waals surface area contributed by atoms with Crippen LogP contribution in [0.15, 0.2) is 12.1 Å². The second kappa shape index (κ2) is 4.85. The van der Waals surface area contributed by atoms with Crippen molar-refractivity contribution in [2.75, 3.05) is 5.88 Å². The van der Waals surface area contributed by atoms with E-state index < -0.39 is 0 Å². The summed E-state index contributed by atoms with van der Waals surface area (Å²) in [5.41, 5.74) is 0. The van der Waals surface area contributed by atoms with Crippen LogP contribution in [0.2, 0.25) is 0 Å². The maximum Gasteiger partial charge on any atom is 0.0893 e. The largest absolute Gasteiger partial charge is 0.388 e. The van der Waals surface area contributed by atoms with Crippen LogP contribution in [0, 0.1) is 0 Å². The highest BCUT2D eigenvalue weighted by molar-refractivity contribution is 7.12. The van der Waals surface area contributed by atoms with Crippen molar-refractivity contribution in [3.05, 3.63) is 21.9 Å². The van der Waals surface area contributed by atoms with E-state index in [1.165, 1.54) is 4.88 Å². The van der Waals surface area contributed by atoms with Crippen molar-refractivity contribution < 1.29 is 5.11 Å². The summed E-state index contributed by atoms with van der Waals surface area (Å²) < 4.78 is 0. The molecule has 0 saturated heterocycles. The molecule has 0 fully saturated rings. The van der Waals surface area contributed by atoms with Crippen LogP contribution < -0.4 is 0 Å². The van der Waals surface area contributed by atoms with Gasteiger partial charge >= 0.3 is 0 Å². The molecule has 1 heterocycles. The summed E-state index contributed by atoms with van der Waals surface area (Å²) in [5, 5.41) is 9.56. The third kappa shape index (κ3) is 2.47. The van der Waals surface area contributed by atoms with Crippen molar-refractivity contribution in [1.29, 1.82) is 0 Å². The third-order valence-electron chi connectivity index (χ3n) is 1.74. The summed E-state index contributed by atoms with van der Waals surface area (Å²) in [5.74, 6) is 0.514. The Kier molecular flexibility index (Phi) is 4.06. The SMILES string of the molecule is CCc1ccc([C@H](O)CCCl)s1. The van der Waals surface area contributed by atoms with Gasteiger partial charge in [-0.1, -0.05) is 6.92 Å². The van der Waals surface area contributed by atoms with Gasteiger partial charge in [-0.2, -0.15) is 0 Å². The first-order valence-corrected chi connectivity index (χ1v) is 5.45. The fourth-order valence-corrected chi connectivity index (χ4v) is 2.19. The topological polar surface area (TPSA) is 20.2 Å². The molecular formula is C9H13ClOS. The van der Waals surface area contributed by atoms with Crippen LogP contribution in [0.1, 0.15) is 29.2 Å². The molecule has 0 amide bonds. The van der Waals surface area contributed by atoms with Crippen molar-refractivity contribution in [2.45, 2.75) is 25.9 Å². The molecule has 1 aromatic heterocycles. The quantitative estimate of drug-likeness (QED) is 0.748. The number of hydrogen-bond acceptors (Lipinski definition) is 2. The van der Waals surface area contributed by atoms with Crippen molar-refractivity contribution >= 4 is 22.9 Å². The summed E-state index contributed by atoms with van der Waals surface area (Å²) in [6.07, 6.45) is 1.32. The zero-order chi connectivity index (χ0) is 8.97. The van der Waals surface area contributed by atoms with Gasteiger partial charge in [0.2, 0.25) is 0 Å². The summed E-state index contributed by atoms with van der Waals surface area (Å²) in [7, 11) is 0. The summed E-state index contributed by atoms with van der Waals surface area (Å²) >= 11 is 7.20. The molecule has 0 aliphatic carbocycles. The highest BCUT2D eigenvalue weighted by atomic mass is 35.5. The fraction of sp³-hybridized carbons (Fsp3) is 0.556. The zero-order valence-electron chi connectivity index (χ0n) is 7.09. The molecule has 12 heavy (non-hydrogen) atoms. The normalized spacial score (nSPS) is 13.2. The number of aliphatic hydroxyl groups excluding tert-OH is 1. The number of alkyl halides is 1. The molecule has 0 unspecified atom stereocenters. The Balaban J connectivity index is 2.61. The van der Waals surface area contributed by atoms with Crippen LogP contribution >= 0.6 is 22.9 Å². The van der Waals surface area contributed by atoms with Crippen molar-refractivity contribution in [3.8, 4) is 0 Å². The molecule has 3 heteroatoms. The summed E-state index contributed by atoms with van der Waals surface area (Å²) in [6, 6.07) is 4.05. The number of hydrogen-bond donors (Lipinski definition) is 1. The predicted octanol–water partition coefficient (Wildman–Crippen LogP) is 2.97. The molecule has 0 aliphatic rings. The average molecular weight is 205 g/mol. The van der Waals surface area contributed by atoms with Gasteiger partial charge in [-0.05, 0) is 25.0 Å². The Morgan fingerprint density at radius 3 is 2.83 bits per heavy atom. The van der Waals surface area contributed by atoms with E-state index in [1.54, 1.807) is 11.3 Å². The van der Waals surface area contributed by atoms with E-state index in [-0.39, 0.29) is 6.10 Å². The van der Waals surface area contributed by atoms with Crippen LogP contribution in [0.25, 0.3) is 0 Å². The Morgan fingerprint density at radius 1 is 1.58 bits per heavy atom. The summed E-state index contributed by atoms with van der Waals surface area (Å²) in [4.78, 5) is 2.35. The smallest absolute Gasteiger partial charge is 0.0893 e. The zero-order valence-corrected chi connectivity index (χ0v) is 8.66. The first-order chi connectivity index (χ1) is 5.77. The molecule has 1 rings (SSSR count). The molecule has 0 saturated carbocycles. The molecule has 0 spiro atoms. The van der Waals surface area contributed by atoms with E-state index in [0.29, 0.717) is 12.3 Å². The van der Waals surface area contributed by atoms with Gasteiger partial charge in [0.15, 0.2) is 0 Å². The van der Waals surface area contributed by atoms with Crippen LogP contribution in [-0.4, -0.2) is 11.0 Å². The minimum atomic E-state index is -0.368. The second-order valence-electron chi connectivity index (χ2n) is 2.65. The van der Waals surface area contributed by atoms with E-state index in [9.17, 15) is 5.11 Å². The first kappa shape index (κ1) is 10.0. The number of thiophene rings is 1. The molecule has 0 aromatic carbocycles. The van der Waals surface area contributed by atoms with E-state index in [4.69, 9.17) is 11.6 Å². The molecule has 1 aromatic rings. The lowest BCUT2D eigenvalue weighted by atomic mass is 10.2. The van der Waals surface area contributed by atoms with Crippen LogP contribution in [0.3, 0.4) is 0 Å². The molecular weight excluding hydrogens is 192 g/mol. The molecule has 0 aliphatic heterocycles. The highest BCUT2D eigenvalue weighted by Crippen LogP contribution is 2.25. The Bertz CT molecular complexity index is 234. The van der Waals surface area contributed by atoms with Gasteiger partial charge in [0, 0.05) is 15.6 Å². The second-order valence-corrected chi connectivity index (χ2v) is 4.23. The maximum absolute atomic E-state index is 9.56. The molecule has 1 atom stereocenters. The average Bonchev–Trinajstić information content (AvgIpc) is 2.52. The highest BCUT2D eigenvalue weighted by Gasteiger charge is 2.08. The van der Waals surface area contributed by atoms with Crippen molar-refractivity contribution in [1.82, 2.24) is 0 Å². The number of halogens is 1. The van der Waals surface area contributed by atoms with Crippen LogP contribution in [0.5, 0.6) is 0 Å². The van der Waals surface area contributed by atoms with Crippen molar-refractivity contribution in [2.24, 2.45) is 0 Å². The van der Waals surface area contributed by atoms with E-state index in [0.717, 1.165) is 11.3 Å². The van der Waals surface area contributed by atoms with Gasteiger partial charge in [0.1, 0.15) is 0 Å². The van der Waals surface area contributed by atoms with E-state index >= 15 is 0 Å². The minimum absolute atomic E-state index is 0.368. The third-order valence-corrected chi connectivity index (χ3v) is 3.29. The fourth-order valence-electron chi connectivity index (χ4n) is 1.01. The standard InChI is InChI=1S/C9H13ClOS/c1-2-7-3-4-9(12-7)8(11)5-6-10/h3-4,8,11H,2,5-6H2,1H3/t8-/m1/s1. The molecule has 1 nitrogen and oxygen atoms in total. The molecule has 0 bridgehead atoms. The number of aliphatic hydroxyl groups is 1. The van der Waals surface area contributed by atoms with Gasteiger partial charge in [-0.3, -0.25) is 0 Å². The Hall–Kier alpha value is -0.0500. The van der Waals surface area contributed by atoms with Crippen LogP contribution in [-0.2, 0) is 6.42 Å². The Labute approximate surface area is 82.0 Å². The lowest BCUT2D eigenvalue weighted by Crippen LogP contribution is -1.94. The Morgan fingerprint density at radius 2 is 2.33 bits per heavy atom. The predicted molar refractivity (Wildman–Crippen MR) is 54.0 cm³/mol. The van der Waals surface area contributed by atoms with Crippen molar-refractivity contribution in [3.63, 3.8) is 0 Å². The molecule has 1 N–H and O–H groups in total. The van der Waals surface area contributed by atoms with Gasteiger partial charge < -0.3 is 5.11 Å². The lowest BCUT2D eigenvalue weighted by Gasteiger charge is -2.04. The minimum Gasteiger partial charge on any atom is -0.388 e. The number of rotatable bonds is 4. The maximum atomic E-state index is 9.56. The monoisotopic (exact) mass is 204 g/mol. The lowest BCUT2D eigenvalue weighted by molar-refractivity contribution is 0.178. The van der Waals surface area contributed by atoms with E-state index in [1.807, 2.05) is 6.07 Å². The van der Waals surface area contributed by atoms with Crippen LogP contribution in [0.4, 0.5) is 0 Å². The van der Waals surface area contributed by atoms with Gasteiger partial charge in [0.25, 0.3) is 0 Å². The van der Waals surface area contributed by atoms with Gasteiger partial charge in [0.05, 0.1) is 6.10 Å². The number of aryl methyl sites for hydroxylation is 1. The van der Waals surface area contributed by atoms with Gasteiger partial charge in [-0.25, -0.2) is 0 Å². The first-order valence-electron chi connectivity index (χ1n) is 4.10. The summed E-state index contributed by atoms with van der Waals surface area (Å²) in [6.45, 7) is 2.11. The van der Waals surface area contributed by atoms with Gasteiger partial charge in [-0.15, -0.1) is 22.9 Å². The van der Waals surface area contributed by atoms with E-state index in [2.05, 4.69) is 13.0 Å². The molecule has 0 radical (unpaired) electrons. The molecule has 68 valence electrons.